The van der Waals surface area contributed by atoms with Gasteiger partial charge in [0.2, 0.25) is 5.91 Å². The number of ether oxygens (including phenoxy) is 1. The molecule has 0 saturated heterocycles. The van der Waals surface area contributed by atoms with Crippen molar-refractivity contribution in [3.63, 3.8) is 0 Å². The number of thioether (sulfide) groups is 1. The van der Waals surface area contributed by atoms with Crippen LogP contribution in [0, 0.1) is 11.3 Å². The Kier molecular flexibility index (Phi) is 7.61. The van der Waals surface area contributed by atoms with Crippen molar-refractivity contribution in [2.24, 2.45) is 0 Å². The number of carbonyl (C=O) groups excluding carboxylic acids is 1. The van der Waals surface area contributed by atoms with Crippen molar-refractivity contribution >= 4 is 17.7 Å². The molecule has 0 bridgehead atoms. The maximum absolute atomic E-state index is 13.7. The van der Waals surface area contributed by atoms with E-state index in [0.29, 0.717) is 11.3 Å². The average molecular weight is 472 g/mol. The van der Waals surface area contributed by atoms with E-state index in [2.05, 4.69) is 10.3 Å². The monoisotopic (exact) mass is 471 g/mol. The van der Waals surface area contributed by atoms with Crippen molar-refractivity contribution in [3.05, 3.63) is 77.4 Å². The second kappa shape index (κ2) is 10.4. The third-order valence-electron chi connectivity index (χ3n) is 4.81. The minimum Gasteiger partial charge on any atom is -0.497 e. The highest BCUT2D eigenvalue weighted by molar-refractivity contribution is 8.00. The van der Waals surface area contributed by atoms with Crippen molar-refractivity contribution in [1.82, 2.24) is 10.3 Å². The predicted octanol–water partition coefficient (Wildman–Crippen LogP) is 5.62. The number of halogens is 3. The summed E-state index contributed by atoms with van der Waals surface area (Å²) in [5.74, 6) is -0.0323. The largest absolute Gasteiger partial charge is 0.497 e. The number of pyridine rings is 1. The number of alkyl halides is 3. The standard InChI is InChI=1S/C24H20F3N3O2S/c1-15(16-6-4-3-5-7-16)29-22(31)14-33-23-19(13-28)20(24(25,26)27)12-21(30-23)17-8-10-18(32-2)11-9-17/h3-12,15H,14H2,1-2H3,(H,29,31). The van der Waals surface area contributed by atoms with E-state index in [0.717, 1.165) is 23.4 Å². The summed E-state index contributed by atoms with van der Waals surface area (Å²) in [7, 11) is 1.48. The van der Waals surface area contributed by atoms with E-state index < -0.39 is 17.3 Å². The lowest BCUT2D eigenvalue weighted by molar-refractivity contribution is -0.138. The molecule has 2 aromatic carbocycles. The number of nitrogens with zero attached hydrogens (tertiary/aromatic N) is 2. The Morgan fingerprint density at radius 2 is 1.85 bits per heavy atom. The van der Waals surface area contributed by atoms with Crippen molar-refractivity contribution in [2.45, 2.75) is 24.2 Å². The first-order chi connectivity index (χ1) is 15.7. The van der Waals surface area contributed by atoms with Crippen LogP contribution in [0.4, 0.5) is 13.2 Å². The molecule has 1 atom stereocenters. The second-order valence-electron chi connectivity index (χ2n) is 7.06. The smallest absolute Gasteiger partial charge is 0.417 e. The number of benzene rings is 2. The predicted molar refractivity (Wildman–Crippen MR) is 120 cm³/mol. The number of methoxy groups -OCH3 is 1. The summed E-state index contributed by atoms with van der Waals surface area (Å²) in [5, 5.41) is 12.1. The summed E-state index contributed by atoms with van der Waals surface area (Å²) < 4.78 is 46.2. The summed E-state index contributed by atoms with van der Waals surface area (Å²) >= 11 is 0.793. The topological polar surface area (TPSA) is 75.0 Å². The first-order valence-corrected chi connectivity index (χ1v) is 10.9. The second-order valence-corrected chi connectivity index (χ2v) is 8.03. The number of nitrogens with one attached hydrogen (secondary N) is 1. The maximum Gasteiger partial charge on any atom is 0.417 e. The number of hydrogen-bond donors (Lipinski definition) is 1. The Hall–Kier alpha value is -3.51. The van der Waals surface area contributed by atoms with E-state index in [1.165, 1.54) is 7.11 Å². The minimum absolute atomic E-state index is 0.0459. The molecule has 170 valence electrons. The summed E-state index contributed by atoms with van der Waals surface area (Å²) in [6, 6.07) is 17.8. The highest BCUT2D eigenvalue weighted by Gasteiger charge is 2.36. The molecule has 3 rings (SSSR count). The highest BCUT2D eigenvalue weighted by Crippen LogP contribution is 2.38. The zero-order valence-electron chi connectivity index (χ0n) is 17.8. The van der Waals surface area contributed by atoms with E-state index >= 15 is 0 Å². The van der Waals surface area contributed by atoms with Crippen LogP contribution in [-0.2, 0) is 11.0 Å². The molecule has 0 radical (unpaired) electrons. The van der Waals surface area contributed by atoms with E-state index in [-0.39, 0.29) is 28.4 Å². The van der Waals surface area contributed by atoms with Crippen LogP contribution >= 0.6 is 11.8 Å². The molecule has 0 aliphatic rings. The molecule has 0 aliphatic heterocycles. The van der Waals surface area contributed by atoms with Gasteiger partial charge < -0.3 is 10.1 Å². The van der Waals surface area contributed by atoms with Crippen LogP contribution in [0.1, 0.15) is 29.7 Å². The van der Waals surface area contributed by atoms with E-state index in [4.69, 9.17) is 4.74 Å². The van der Waals surface area contributed by atoms with E-state index in [1.54, 1.807) is 30.3 Å². The molecule has 3 aromatic rings. The van der Waals surface area contributed by atoms with Crippen LogP contribution in [0.3, 0.4) is 0 Å². The van der Waals surface area contributed by atoms with Gasteiger partial charge in [0.25, 0.3) is 0 Å². The number of nitriles is 1. The zero-order chi connectivity index (χ0) is 24.0. The molecular formula is C24H20F3N3O2S. The van der Waals surface area contributed by atoms with Gasteiger partial charge in [-0.05, 0) is 42.8 Å². The van der Waals surface area contributed by atoms with Crippen molar-refractivity contribution in [1.29, 1.82) is 5.26 Å². The third kappa shape index (κ3) is 6.05. The fraction of sp³-hybridized carbons (Fsp3) is 0.208. The van der Waals surface area contributed by atoms with Gasteiger partial charge in [0.15, 0.2) is 0 Å². The Morgan fingerprint density at radius 3 is 2.42 bits per heavy atom. The highest BCUT2D eigenvalue weighted by atomic mass is 32.2. The summed E-state index contributed by atoms with van der Waals surface area (Å²) in [4.78, 5) is 16.7. The first-order valence-electron chi connectivity index (χ1n) is 9.86. The zero-order valence-corrected chi connectivity index (χ0v) is 18.6. The minimum atomic E-state index is -4.76. The molecule has 5 nitrogen and oxygen atoms in total. The van der Waals surface area contributed by atoms with Crippen LogP contribution in [-0.4, -0.2) is 23.8 Å². The van der Waals surface area contributed by atoms with Crippen LogP contribution < -0.4 is 10.1 Å². The van der Waals surface area contributed by atoms with Gasteiger partial charge in [0.05, 0.1) is 35.7 Å². The molecular weight excluding hydrogens is 451 g/mol. The van der Waals surface area contributed by atoms with Crippen LogP contribution in [0.15, 0.2) is 65.7 Å². The quantitative estimate of drug-likeness (QED) is 0.453. The normalized spacial score (nSPS) is 12.0. The van der Waals surface area contributed by atoms with Gasteiger partial charge in [-0.15, -0.1) is 0 Å². The third-order valence-corrected chi connectivity index (χ3v) is 5.78. The summed E-state index contributed by atoms with van der Waals surface area (Å²) in [6.07, 6.45) is -4.76. The molecule has 1 heterocycles. The van der Waals surface area contributed by atoms with Gasteiger partial charge in [0.1, 0.15) is 16.8 Å². The van der Waals surface area contributed by atoms with Crippen LogP contribution in [0.2, 0.25) is 0 Å². The van der Waals surface area contributed by atoms with Gasteiger partial charge in [-0.25, -0.2) is 4.98 Å². The molecule has 1 unspecified atom stereocenters. The molecule has 0 aliphatic carbocycles. The first kappa shape index (κ1) is 24.1. The molecule has 0 fully saturated rings. The van der Waals surface area contributed by atoms with Gasteiger partial charge in [-0.3, -0.25) is 4.79 Å². The van der Waals surface area contributed by atoms with Gasteiger partial charge >= 0.3 is 6.18 Å². The Morgan fingerprint density at radius 1 is 1.18 bits per heavy atom. The average Bonchev–Trinajstić information content (AvgIpc) is 2.82. The number of hydrogen-bond acceptors (Lipinski definition) is 5. The van der Waals surface area contributed by atoms with Crippen LogP contribution in [0.5, 0.6) is 5.75 Å². The lowest BCUT2D eigenvalue weighted by Crippen LogP contribution is -2.28. The van der Waals surface area contributed by atoms with Gasteiger partial charge in [0, 0.05) is 5.56 Å². The maximum atomic E-state index is 13.7. The SMILES string of the molecule is COc1ccc(-c2cc(C(F)(F)F)c(C#N)c(SCC(=O)NC(C)c3ccccc3)n2)cc1. The summed E-state index contributed by atoms with van der Waals surface area (Å²) in [6.45, 7) is 1.81. The molecule has 0 spiro atoms. The molecule has 33 heavy (non-hydrogen) atoms. The molecule has 1 N–H and O–H groups in total. The Labute approximate surface area is 193 Å². The molecule has 1 aromatic heterocycles. The van der Waals surface area contributed by atoms with Crippen molar-refractivity contribution < 1.29 is 22.7 Å². The number of rotatable bonds is 7. The lowest BCUT2D eigenvalue weighted by Gasteiger charge is -2.16. The number of aromatic nitrogens is 1. The molecule has 0 saturated carbocycles. The summed E-state index contributed by atoms with van der Waals surface area (Å²) in [5.41, 5.74) is -0.327. The van der Waals surface area contributed by atoms with Gasteiger partial charge in [-0.1, -0.05) is 42.1 Å². The van der Waals surface area contributed by atoms with Crippen molar-refractivity contribution in [3.8, 4) is 23.1 Å². The fourth-order valence-corrected chi connectivity index (χ4v) is 3.92. The van der Waals surface area contributed by atoms with E-state index in [9.17, 15) is 23.2 Å². The fourth-order valence-electron chi connectivity index (χ4n) is 3.11. The Balaban J connectivity index is 1.87. The molecule has 9 heteroatoms. The number of carbonyl (C=O) groups is 1. The number of amides is 1. The lowest BCUT2D eigenvalue weighted by atomic mass is 10.1. The van der Waals surface area contributed by atoms with Gasteiger partial charge in [-0.2, -0.15) is 18.4 Å². The van der Waals surface area contributed by atoms with Crippen molar-refractivity contribution in [2.75, 3.05) is 12.9 Å². The molecule has 1 amide bonds. The van der Waals surface area contributed by atoms with E-state index in [1.807, 2.05) is 37.3 Å². The van der Waals surface area contributed by atoms with Crippen LogP contribution in [0.25, 0.3) is 11.3 Å². The Bertz CT molecular complexity index is 1160.